The van der Waals surface area contributed by atoms with Crippen LogP contribution in [0.25, 0.3) is 0 Å². The molecule has 1 aromatic carbocycles. The summed E-state index contributed by atoms with van der Waals surface area (Å²) in [5.74, 6) is 3.66. The Morgan fingerprint density at radius 3 is 2.71 bits per heavy atom. The van der Waals surface area contributed by atoms with Gasteiger partial charge < -0.3 is 19.3 Å². The Kier molecular flexibility index (Phi) is 3.98. The number of ether oxygens (including phenoxy) is 3. The molecule has 3 rings (SSSR count). The van der Waals surface area contributed by atoms with E-state index >= 15 is 0 Å². The highest BCUT2D eigenvalue weighted by Crippen LogP contribution is 2.46. The average molecular weight is 292 g/mol. The van der Waals surface area contributed by atoms with E-state index in [0.29, 0.717) is 29.1 Å². The second-order valence-electron chi connectivity index (χ2n) is 6.43. The molecular weight excluding hydrogens is 268 g/mol. The first-order valence-electron chi connectivity index (χ1n) is 7.75. The fraction of sp³-hybridized carbons (Fsp3) is 0.647. The minimum atomic E-state index is -0.469. The molecule has 0 saturated heterocycles. The summed E-state index contributed by atoms with van der Waals surface area (Å²) in [4.78, 5) is 0. The molecule has 0 radical (unpaired) electrons. The van der Waals surface area contributed by atoms with Crippen molar-refractivity contribution in [1.29, 1.82) is 0 Å². The second-order valence-corrected chi connectivity index (χ2v) is 6.43. The van der Waals surface area contributed by atoms with Gasteiger partial charge in [-0.05, 0) is 48.3 Å². The number of benzene rings is 1. The molecule has 116 valence electrons. The molecule has 0 amide bonds. The highest BCUT2D eigenvalue weighted by Gasteiger charge is 2.31. The van der Waals surface area contributed by atoms with E-state index in [9.17, 15) is 5.11 Å². The van der Waals surface area contributed by atoms with E-state index in [1.807, 2.05) is 12.1 Å². The molecule has 0 aromatic heterocycles. The van der Waals surface area contributed by atoms with Crippen molar-refractivity contribution in [2.45, 2.75) is 39.2 Å². The van der Waals surface area contributed by atoms with Crippen molar-refractivity contribution >= 4 is 0 Å². The van der Waals surface area contributed by atoms with Gasteiger partial charge in [-0.2, -0.15) is 0 Å². The number of aliphatic hydroxyl groups is 1. The standard InChI is InChI=1S/C17H24O4/c1-10-4-5-12(6-11(10)2)16(18)13-7-14(19-3)17-15(8-13)20-9-21-17/h7-8,10-12,16,18H,4-6,9H2,1-3H3. The van der Waals surface area contributed by atoms with Crippen LogP contribution in [0.5, 0.6) is 17.2 Å². The monoisotopic (exact) mass is 292 g/mol. The van der Waals surface area contributed by atoms with E-state index in [0.717, 1.165) is 24.3 Å². The van der Waals surface area contributed by atoms with Gasteiger partial charge in [0.1, 0.15) is 0 Å². The van der Waals surface area contributed by atoms with Crippen LogP contribution in [0.2, 0.25) is 0 Å². The van der Waals surface area contributed by atoms with Gasteiger partial charge in [-0.15, -0.1) is 0 Å². The van der Waals surface area contributed by atoms with Crippen LogP contribution in [-0.2, 0) is 0 Å². The van der Waals surface area contributed by atoms with Gasteiger partial charge >= 0.3 is 0 Å². The van der Waals surface area contributed by atoms with Crippen LogP contribution in [0, 0.1) is 17.8 Å². The number of fused-ring (bicyclic) bond motifs is 1. The molecule has 2 aliphatic rings. The first kappa shape index (κ1) is 14.5. The zero-order valence-electron chi connectivity index (χ0n) is 13.0. The van der Waals surface area contributed by atoms with Crippen molar-refractivity contribution in [2.24, 2.45) is 17.8 Å². The zero-order chi connectivity index (χ0) is 15.0. The van der Waals surface area contributed by atoms with Crippen molar-refractivity contribution in [2.75, 3.05) is 13.9 Å². The van der Waals surface area contributed by atoms with Crippen molar-refractivity contribution in [3.05, 3.63) is 17.7 Å². The van der Waals surface area contributed by atoms with E-state index in [-0.39, 0.29) is 6.79 Å². The summed E-state index contributed by atoms with van der Waals surface area (Å²) in [6.45, 7) is 4.80. The van der Waals surface area contributed by atoms with Crippen LogP contribution in [0.1, 0.15) is 44.8 Å². The number of aliphatic hydroxyl groups excluding tert-OH is 1. The van der Waals surface area contributed by atoms with E-state index in [4.69, 9.17) is 14.2 Å². The predicted molar refractivity (Wildman–Crippen MR) is 79.7 cm³/mol. The topological polar surface area (TPSA) is 47.9 Å². The molecular formula is C17H24O4. The Morgan fingerprint density at radius 1 is 1.19 bits per heavy atom. The smallest absolute Gasteiger partial charge is 0.231 e. The van der Waals surface area contributed by atoms with Crippen LogP contribution in [0.4, 0.5) is 0 Å². The minimum Gasteiger partial charge on any atom is -0.493 e. The Labute approximate surface area is 126 Å². The van der Waals surface area contributed by atoms with Crippen molar-refractivity contribution in [1.82, 2.24) is 0 Å². The van der Waals surface area contributed by atoms with E-state index in [1.54, 1.807) is 7.11 Å². The normalized spacial score (nSPS) is 29.2. The van der Waals surface area contributed by atoms with Crippen molar-refractivity contribution in [3.63, 3.8) is 0 Å². The number of methoxy groups -OCH3 is 1. The molecule has 21 heavy (non-hydrogen) atoms. The lowest BCUT2D eigenvalue weighted by molar-refractivity contribution is 0.0558. The summed E-state index contributed by atoms with van der Waals surface area (Å²) in [5, 5.41) is 10.7. The lowest BCUT2D eigenvalue weighted by atomic mass is 9.73. The molecule has 4 unspecified atom stereocenters. The van der Waals surface area contributed by atoms with Crippen LogP contribution in [0.3, 0.4) is 0 Å². The first-order chi connectivity index (χ1) is 10.1. The average Bonchev–Trinajstić information content (AvgIpc) is 2.96. The van der Waals surface area contributed by atoms with Crippen LogP contribution in [0.15, 0.2) is 12.1 Å². The Hall–Kier alpha value is -1.42. The SMILES string of the molecule is COc1cc(C(O)C2CCC(C)C(C)C2)cc2c1OCO2. The van der Waals surface area contributed by atoms with E-state index < -0.39 is 6.10 Å². The summed E-state index contributed by atoms with van der Waals surface area (Å²) < 4.78 is 16.2. The quantitative estimate of drug-likeness (QED) is 0.926. The van der Waals surface area contributed by atoms with Crippen molar-refractivity contribution < 1.29 is 19.3 Å². The molecule has 1 aliphatic heterocycles. The molecule has 1 saturated carbocycles. The minimum absolute atomic E-state index is 0.212. The maximum absolute atomic E-state index is 10.7. The maximum Gasteiger partial charge on any atom is 0.231 e. The lowest BCUT2D eigenvalue weighted by Crippen LogP contribution is -2.25. The predicted octanol–water partition coefficient (Wildman–Crippen LogP) is 3.53. The van der Waals surface area contributed by atoms with Gasteiger partial charge in [0.05, 0.1) is 13.2 Å². The van der Waals surface area contributed by atoms with E-state index in [2.05, 4.69) is 13.8 Å². The number of hydrogen-bond donors (Lipinski definition) is 1. The molecule has 0 spiro atoms. The van der Waals surface area contributed by atoms with Crippen LogP contribution < -0.4 is 14.2 Å². The summed E-state index contributed by atoms with van der Waals surface area (Å²) in [5.41, 5.74) is 0.864. The Bertz CT molecular complexity index is 514. The molecule has 0 bridgehead atoms. The summed E-state index contributed by atoms with van der Waals surface area (Å²) >= 11 is 0. The lowest BCUT2D eigenvalue weighted by Gasteiger charge is -2.34. The molecule has 1 heterocycles. The fourth-order valence-corrected chi connectivity index (χ4v) is 3.47. The van der Waals surface area contributed by atoms with Crippen LogP contribution >= 0.6 is 0 Å². The number of hydrogen-bond acceptors (Lipinski definition) is 4. The Morgan fingerprint density at radius 2 is 2.00 bits per heavy atom. The molecule has 1 N–H and O–H groups in total. The third-order valence-electron chi connectivity index (χ3n) is 5.11. The molecule has 1 aromatic rings. The fourth-order valence-electron chi connectivity index (χ4n) is 3.47. The zero-order valence-corrected chi connectivity index (χ0v) is 13.0. The molecule has 1 fully saturated rings. The van der Waals surface area contributed by atoms with Gasteiger partial charge in [-0.3, -0.25) is 0 Å². The summed E-state index contributed by atoms with van der Waals surface area (Å²) in [6.07, 6.45) is 2.86. The highest BCUT2D eigenvalue weighted by atomic mass is 16.7. The van der Waals surface area contributed by atoms with Gasteiger partial charge in [0.2, 0.25) is 12.5 Å². The van der Waals surface area contributed by atoms with Gasteiger partial charge in [-0.1, -0.05) is 20.3 Å². The molecule has 4 nitrogen and oxygen atoms in total. The van der Waals surface area contributed by atoms with Gasteiger partial charge in [0.15, 0.2) is 11.5 Å². The highest BCUT2D eigenvalue weighted by molar-refractivity contribution is 5.55. The van der Waals surface area contributed by atoms with E-state index in [1.165, 1.54) is 6.42 Å². The third-order valence-corrected chi connectivity index (χ3v) is 5.11. The largest absolute Gasteiger partial charge is 0.493 e. The maximum atomic E-state index is 10.7. The van der Waals surface area contributed by atoms with Gasteiger partial charge in [-0.25, -0.2) is 0 Å². The van der Waals surface area contributed by atoms with Gasteiger partial charge in [0.25, 0.3) is 0 Å². The Balaban J connectivity index is 1.83. The molecule has 4 heteroatoms. The molecule has 1 aliphatic carbocycles. The third kappa shape index (κ3) is 2.69. The van der Waals surface area contributed by atoms with Gasteiger partial charge in [0, 0.05) is 0 Å². The van der Waals surface area contributed by atoms with Crippen LogP contribution in [-0.4, -0.2) is 19.0 Å². The number of rotatable bonds is 3. The summed E-state index contributed by atoms with van der Waals surface area (Å²) in [7, 11) is 1.61. The van der Waals surface area contributed by atoms with Crippen molar-refractivity contribution in [3.8, 4) is 17.2 Å². The molecule has 4 atom stereocenters. The summed E-state index contributed by atoms with van der Waals surface area (Å²) in [6, 6.07) is 3.76. The second kappa shape index (κ2) is 5.76. The first-order valence-corrected chi connectivity index (χ1v) is 7.75.